The average molecular weight is 269 g/mol. The molecule has 0 fully saturated rings. The van der Waals surface area contributed by atoms with Crippen LogP contribution in [0, 0.1) is 6.92 Å². The monoisotopic (exact) mass is 269 g/mol. The maximum absolute atomic E-state index is 11.4. The van der Waals surface area contributed by atoms with Gasteiger partial charge in [0.1, 0.15) is 9.84 Å². The van der Waals surface area contributed by atoms with Gasteiger partial charge < -0.3 is 5.32 Å². The van der Waals surface area contributed by atoms with Crippen LogP contribution in [0.3, 0.4) is 0 Å². The second kappa shape index (κ2) is 6.90. The van der Waals surface area contributed by atoms with Gasteiger partial charge in [0.05, 0.1) is 5.75 Å². The van der Waals surface area contributed by atoms with E-state index in [9.17, 15) is 8.42 Å². The number of rotatable bonds is 7. The first-order valence-electron chi connectivity index (χ1n) is 6.37. The van der Waals surface area contributed by atoms with Gasteiger partial charge in [-0.1, -0.05) is 36.8 Å². The fourth-order valence-electron chi connectivity index (χ4n) is 1.91. The summed E-state index contributed by atoms with van der Waals surface area (Å²) in [6.07, 6.45) is 3.06. The summed E-state index contributed by atoms with van der Waals surface area (Å²) in [5.41, 5.74) is 2.40. The van der Waals surface area contributed by atoms with Crippen LogP contribution in [-0.4, -0.2) is 33.0 Å². The minimum absolute atomic E-state index is 0.00246. The molecule has 18 heavy (non-hydrogen) atoms. The Hall–Kier alpha value is -0.870. The van der Waals surface area contributed by atoms with E-state index in [1.54, 1.807) is 0 Å². The van der Waals surface area contributed by atoms with Crippen molar-refractivity contribution in [2.45, 2.75) is 32.7 Å². The van der Waals surface area contributed by atoms with Crippen LogP contribution in [0.5, 0.6) is 0 Å². The third-order valence-corrected chi connectivity index (χ3v) is 3.80. The molecule has 4 heteroatoms. The zero-order valence-corrected chi connectivity index (χ0v) is 12.3. The van der Waals surface area contributed by atoms with Gasteiger partial charge in [-0.05, 0) is 31.9 Å². The predicted molar refractivity (Wildman–Crippen MR) is 76.7 cm³/mol. The van der Waals surface area contributed by atoms with E-state index in [2.05, 4.69) is 36.5 Å². The van der Waals surface area contributed by atoms with Crippen LogP contribution in [-0.2, 0) is 16.3 Å². The standard InChI is InChI=1S/C14H23NO2S/c1-4-9-15-14(11-18(3,16)17)10-13-7-5-12(2)6-8-13/h5-8,14-15H,4,9-11H2,1-3H3. The highest BCUT2D eigenvalue weighted by molar-refractivity contribution is 7.90. The Bertz CT molecular complexity index is 451. The van der Waals surface area contributed by atoms with Gasteiger partial charge in [-0.15, -0.1) is 0 Å². The zero-order chi connectivity index (χ0) is 13.6. The molecule has 1 unspecified atom stereocenters. The van der Waals surface area contributed by atoms with Crippen LogP contribution >= 0.6 is 0 Å². The summed E-state index contributed by atoms with van der Waals surface area (Å²) in [6, 6.07) is 8.26. The molecular formula is C14H23NO2S. The number of hydrogen-bond donors (Lipinski definition) is 1. The summed E-state index contributed by atoms with van der Waals surface area (Å²) in [5.74, 6) is 0.195. The lowest BCUT2D eigenvalue weighted by Gasteiger charge is -2.17. The molecule has 0 aliphatic heterocycles. The topological polar surface area (TPSA) is 46.2 Å². The van der Waals surface area contributed by atoms with Gasteiger partial charge >= 0.3 is 0 Å². The molecule has 0 aliphatic rings. The van der Waals surface area contributed by atoms with Crippen LogP contribution in [0.1, 0.15) is 24.5 Å². The lowest BCUT2D eigenvalue weighted by atomic mass is 10.1. The Kier molecular flexibility index (Phi) is 5.82. The van der Waals surface area contributed by atoms with E-state index in [0.717, 1.165) is 19.4 Å². The molecule has 0 bridgehead atoms. The normalized spacial score (nSPS) is 13.5. The number of nitrogens with one attached hydrogen (secondary N) is 1. The van der Waals surface area contributed by atoms with Gasteiger partial charge in [-0.3, -0.25) is 0 Å². The van der Waals surface area contributed by atoms with Gasteiger partial charge in [0, 0.05) is 12.3 Å². The lowest BCUT2D eigenvalue weighted by Crippen LogP contribution is -2.37. The highest BCUT2D eigenvalue weighted by Crippen LogP contribution is 2.07. The van der Waals surface area contributed by atoms with E-state index < -0.39 is 9.84 Å². The van der Waals surface area contributed by atoms with Crippen molar-refractivity contribution in [1.82, 2.24) is 5.32 Å². The second-order valence-corrected chi connectivity index (χ2v) is 7.12. The van der Waals surface area contributed by atoms with Gasteiger partial charge in [0.2, 0.25) is 0 Å². The molecule has 0 saturated carbocycles. The Morgan fingerprint density at radius 3 is 2.33 bits per heavy atom. The largest absolute Gasteiger partial charge is 0.313 e. The molecule has 0 aromatic heterocycles. The van der Waals surface area contributed by atoms with Crippen LogP contribution in [0.25, 0.3) is 0 Å². The molecule has 1 aromatic carbocycles. The maximum atomic E-state index is 11.4. The van der Waals surface area contributed by atoms with E-state index in [4.69, 9.17) is 0 Å². The number of benzene rings is 1. The minimum atomic E-state index is -2.94. The Morgan fingerprint density at radius 2 is 1.83 bits per heavy atom. The average Bonchev–Trinajstić information content (AvgIpc) is 2.27. The summed E-state index contributed by atoms with van der Waals surface area (Å²) in [5, 5.41) is 3.31. The van der Waals surface area contributed by atoms with Crippen LogP contribution in [0.2, 0.25) is 0 Å². The van der Waals surface area contributed by atoms with Crippen molar-refractivity contribution in [3.8, 4) is 0 Å². The van der Waals surface area contributed by atoms with Crippen LogP contribution in [0.4, 0.5) is 0 Å². The van der Waals surface area contributed by atoms with Crippen molar-refractivity contribution < 1.29 is 8.42 Å². The van der Waals surface area contributed by atoms with Crippen molar-refractivity contribution in [1.29, 1.82) is 0 Å². The Morgan fingerprint density at radius 1 is 1.22 bits per heavy atom. The fourth-order valence-corrected chi connectivity index (χ4v) is 2.88. The van der Waals surface area contributed by atoms with E-state index in [0.29, 0.717) is 0 Å². The number of hydrogen-bond acceptors (Lipinski definition) is 3. The van der Waals surface area contributed by atoms with Crippen molar-refractivity contribution in [3.63, 3.8) is 0 Å². The predicted octanol–water partition coefficient (Wildman–Crippen LogP) is 1.95. The molecule has 0 heterocycles. The van der Waals surface area contributed by atoms with E-state index in [1.165, 1.54) is 17.4 Å². The third kappa shape index (κ3) is 6.17. The first-order chi connectivity index (χ1) is 8.40. The molecule has 1 rings (SSSR count). The molecule has 1 atom stereocenters. The quantitative estimate of drug-likeness (QED) is 0.823. The molecule has 3 nitrogen and oxygen atoms in total. The summed E-state index contributed by atoms with van der Waals surface area (Å²) in [6.45, 7) is 4.98. The number of aryl methyl sites for hydroxylation is 1. The lowest BCUT2D eigenvalue weighted by molar-refractivity contribution is 0.530. The number of sulfone groups is 1. The zero-order valence-electron chi connectivity index (χ0n) is 11.4. The second-order valence-electron chi connectivity index (χ2n) is 4.93. The molecule has 0 spiro atoms. The SMILES string of the molecule is CCCNC(Cc1ccc(C)cc1)CS(C)(=O)=O. The summed E-state index contributed by atoms with van der Waals surface area (Å²) >= 11 is 0. The molecule has 1 N–H and O–H groups in total. The first kappa shape index (κ1) is 15.2. The van der Waals surface area contributed by atoms with Crippen molar-refractivity contribution in [2.24, 2.45) is 0 Å². The molecule has 102 valence electrons. The maximum Gasteiger partial charge on any atom is 0.148 e. The van der Waals surface area contributed by atoms with E-state index in [-0.39, 0.29) is 11.8 Å². The molecular weight excluding hydrogens is 246 g/mol. The molecule has 0 radical (unpaired) electrons. The molecule has 0 aliphatic carbocycles. The third-order valence-electron chi connectivity index (χ3n) is 2.79. The Balaban J connectivity index is 2.68. The first-order valence-corrected chi connectivity index (χ1v) is 8.43. The molecule has 1 aromatic rings. The van der Waals surface area contributed by atoms with Gasteiger partial charge in [0.15, 0.2) is 0 Å². The molecule has 0 saturated heterocycles. The van der Waals surface area contributed by atoms with Gasteiger partial charge in [-0.25, -0.2) is 8.42 Å². The van der Waals surface area contributed by atoms with Crippen molar-refractivity contribution in [2.75, 3.05) is 18.6 Å². The van der Waals surface area contributed by atoms with Crippen LogP contribution < -0.4 is 5.32 Å². The van der Waals surface area contributed by atoms with Gasteiger partial charge in [0.25, 0.3) is 0 Å². The van der Waals surface area contributed by atoms with Crippen molar-refractivity contribution in [3.05, 3.63) is 35.4 Å². The minimum Gasteiger partial charge on any atom is -0.313 e. The highest BCUT2D eigenvalue weighted by atomic mass is 32.2. The van der Waals surface area contributed by atoms with Crippen molar-refractivity contribution >= 4 is 9.84 Å². The summed E-state index contributed by atoms with van der Waals surface area (Å²) < 4.78 is 22.8. The summed E-state index contributed by atoms with van der Waals surface area (Å²) in [7, 11) is -2.94. The Labute approximate surface area is 111 Å². The van der Waals surface area contributed by atoms with E-state index in [1.807, 2.05) is 6.92 Å². The molecule has 0 amide bonds. The van der Waals surface area contributed by atoms with E-state index >= 15 is 0 Å². The van der Waals surface area contributed by atoms with Gasteiger partial charge in [-0.2, -0.15) is 0 Å². The fraction of sp³-hybridized carbons (Fsp3) is 0.571. The highest BCUT2D eigenvalue weighted by Gasteiger charge is 2.15. The smallest absolute Gasteiger partial charge is 0.148 e. The van der Waals surface area contributed by atoms with Crippen LogP contribution in [0.15, 0.2) is 24.3 Å². The summed E-state index contributed by atoms with van der Waals surface area (Å²) in [4.78, 5) is 0.